The van der Waals surface area contributed by atoms with E-state index >= 15 is 0 Å². The molecule has 0 aliphatic carbocycles. The van der Waals surface area contributed by atoms with Gasteiger partial charge >= 0.3 is 0 Å². The SMILES string of the molecule is c1ccc(-c2ccc(-c3nc(-n4c5ccccc5c5ccc6ccc7c8ccccc8sc7c6c54)nc4ccccc34)c3ccccc23)cc1. The third kappa shape index (κ3) is 3.91. The zero-order valence-corrected chi connectivity index (χ0v) is 27.7. The molecule has 4 heteroatoms. The fourth-order valence-corrected chi connectivity index (χ4v) is 9.25. The molecule has 11 rings (SSSR count). The van der Waals surface area contributed by atoms with Crippen molar-refractivity contribution in [1.82, 2.24) is 14.5 Å². The van der Waals surface area contributed by atoms with Crippen molar-refractivity contribution in [3.8, 4) is 28.3 Å². The van der Waals surface area contributed by atoms with Crippen LogP contribution in [0.2, 0.25) is 0 Å². The summed E-state index contributed by atoms with van der Waals surface area (Å²) >= 11 is 1.87. The van der Waals surface area contributed by atoms with Crippen LogP contribution in [0, 0.1) is 0 Å². The molecule has 0 N–H and O–H groups in total. The fourth-order valence-electron chi connectivity index (χ4n) is 7.99. The van der Waals surface area contributed by atoms with Gasteiger partial charge in [0.25, 0.3) is 0 Å². The number of benzene rings is 8. The summed E-state index contributed by atoms with van der Waals surface area (Å²) in [7, 11) is 0. The third-order valence-corrected chi connectivity index (χ3v) is 11.4. The summed E-state index contributed by atoms with van der Waals surface area (Å²) < 4.78 is 4.90. The van der Waals surface area contributed by atoms with E-state index in [0.29, 0.717) is 5.95 Å². The average molecular weight is 654 g/mol. The van der Waals surface area contributed by atoms with Gasteiger partial charge in [0.15, 0.2) is 0 Å². The number of aromatic nitrogens is 3. The van der Waals surface area contributed by atoms with E-state index in [1.54, 1.807) is 0 Å². The topological polar surface area (TPSA) is 30.7 Å². The second kappa shape index (κ2) is 10.6. The average Bonchev–Trinajstić information content (AvgIpc) is 3.73. The van der Waals surface area contributed by atoms with Crippen LogP contribution >= 0.6 is 11.3 Å². The Labute approximate surface area is 291 Å². The van der Waals surface area contributed by atoms with Crippen LogP contribution < -0.4 is 0 Å². The molecule has 0 bridgehead atoms. The number of nitrogens with zero attached hydrogens (tertiary/aromatic N) is 3. The normalized spacial score (nSPS) is 12.0. The summed E-state index contributed by atoms with van der Waals surface area (Å²) in [6.07, 6.45) is 0. The quantitative estimate of drug-likeness (QED) is 0.190. The Morgan fingerprint density at radius 1 is 0.440 bits per heavy atom. The van der Waals surface area contributed by atoms with Crippen molar-refractivity contribution in [1.29, 1.82) is 0 Å². The van der Waals surface area contributed by atoms with Crippen molar-refractivity contribution in [3.63, 3.8) is 0 Å². The molecule has 0 unspecified atom stereocenters. The van der Waals surface area contributed by atoms with Gasteiger partial charge in [0, 0.05) is 47.3 Å². The third-order valence-electron chi connectivity index (χ3n) is 10.2. The lowest BCUT2D eigenvalue weighted by Gasteiger charge is -2.15. The smallest absolute Gasteiger partial charge is 0.235 e. The molecule has 50 heavy (non-hydrogen) atoms. The summed E-state index contributed by atoms with van der Waals surface area (Å²) in [5.74, 6) is 0.673. The molecule has 8 aromatic carbocycles. The standard InChI is InChI=1S/C46H27N3S/c1-2-12-28(13-3-1)30-26-27-35(32-15-5-4-14-31(30)32)43-38-18-6-9-19-39(38)47-46(48-43)49-40-20-10-7-16-33(40)36-24-22-29-23-25-37-34-17-8-11-21-41(34)50-45(37)42(29)44(36)49/h1-27H. The molecule has 3 aromatic heterocycles. The first-order valence-corrected chi connectivity index (χ1v) is 17.7. The molecular formula is C46H27N3S. The first-order chi connectivity index (χ1) is 24.8. The van der Waals surface area contributed by atoms with Gasteiger partial charge in [-0.15, -0.1) is 11.3 Å². The first kappa shape index (κ1) is 27.6. The van der Waals surface area contributed by atoms with Crippen LogP contribution in [0.4, 0.5) is 0 Å². The van der Waals surface area contributed by atoms with Crippen molar-refractivity contribution in [2.45, 2.75) is 0 Å². The van der Waals surface area contributed by atoms with E-state index in [0.717, 1.165) is 33.2 Å². The second-order valence-corrected chi connectivity index (χ2v) is 14.0. The number of fused-ring (bicyclic) bond motifs is 11. The van der Waals surface area contributed by atoms with E-state index in [4.69, 9.17) is 9.97 Å². The van der Waals surface area contributed by atoms with Crippen LogP contribution in [-0.4, -0.2) is 14.5 Å². The van der Waals surface area contributed by atoms with Gasteiger partial charge in [-0.05, 0) is 45.5 Å². The molecule has 3 nitrogen and oxygen atoms in total. The van der Waals surface area contributed by atoms with E-state index in [2.05, 4.69) is 168 Å². The minimum atomic E-state index is 0.673. The predicted molar refractivity (Wildman–Crippen MR) is 213 cm³/mol. The van der Waals surface area contributed by atoms with Gasteiger partial charge in [0.2, 0.25) is 5.95 Å². The molecule has 0 amide bonds. The number of rotatable bonds is 3. The molecule has 0 spiro atoms. The molecule has 0 fully saturated rings. The van der Waals surface area contributed by atoms with E-state index in [9.17, 15) is 0 Å². The Morgan fingerprint density at radius 3 is 1.92 bits per heavy atom. The molecule has 0 atom stereocenters. The number of thiophene rings is 1. The maximum absolute atomic E-state index is 5.55. The predicted octanol–water partition coefficient (Wildman–Crippen LogP) is 12.7. The fraction of sp³-hybridized carbons (Fsp3) is 0. The molecule has 0 radical (unpaired) electrons. The summed E-state index contributed by atoms with van der Waals surface area (Å²) in [4.78, 5) is 10.9. The Morgan fingerprint density at radius 2 is 1.08 bits per heavy atom. The molecule has 0 aliphatic rings. The number of hydrogen-bond donors (Lipinski definition) is 0. The van der Waals surface area contributed by atoms with Crippen LogP contribution in [0.3, 0.4) is 0 Å². The molecule has 11 aromatic rings. The molecule has 0 saturated heterocycles. The highest BCUT2D eigenvalue weighted by atomic mass is 32.1. The van der Waals surface area contributed by atoms with Gasteiger partial charge in [-0.1, -0.05) is 146 Å². The van der Waals surface area contributed by atoms with Gasteiger partial charge in [-0.2, -0.15) is 0 Å². The van der Waals surface area contributed by atoms with Crippen LogP contribution in [-0.2, 0) is 0 Å². The Balaban J connectivity index is 1.27. The van der Waals surface area contributed by atoms with Crippen LogP contribution in [0.15, 0.2) is 164 Å². The molecule has 3 heterocycles. The van der Waals surface area contributed by atoms with Crippen molar-refractivity contribution < 1.29 is 0 Å². The Hall–Kier alpha value is -6.36. The summed E-state index contributed by atoms with van der Waals surface area (Å²) in [5, 5.41) is 10.8. The second-order valence-electron chi connectivity index (χ2n) is 12.9. The lowest BCUT2D eigenvalue weighted by Crippen LogP contribution is -2.04. The van der Waals surface area contributed by atoms with E-state index < -0.39 is 0 Å². The minimum absolute atomic E-state index is 0.673. The van der Waals surface area contributed by atoms with Gasteiger partial charge in [0.05, 0.1) is 22.2 Å². The van der Waals surface area contributed by atoms with Crippen molar-refractivity contribution in [3.05, 3.63) is 164 Å². The maximum atomic E-state index is 5.55. The van der Waals surface area contributed by atoms with Crippen LogP contribution in [0.25, 0.3) is 103 Å². The summed E-state index contributed by atoms with van der Waals surface area (Å²) in [6, 6.07) is 58.7. The summed E-state index contributed by atoms with van der Waals surface area (Å²) in [5.41, 5.74) is 7.60. The molecule has 0 saturated carbocycles. The minimum Gasteiger partial charge on any atom is -0.277 e. The zero-order chi connectivity index (χ0) is 32.8. The molecular weight excluding hydrogens is 627 g/mol. The summed E-state index contributed by atoms with van der Waals surface area (Å²) in [6.45, 7) is 0. The molecule has 232 valence electrons. The highest BCUT2D eigenvalue weighted by Gasteiger charge is 2.22. The van der Waals surface area contributed by atoms with Gasteiger partial charge in [-0.3, -0.25) is 4.57 Å². The number of hydrogen-bond acceptors (Lipinski definition) is 3. The largest absolute Gasteiger partial charge is 0.277 e. The van der Waals surface area contributed by atoms with E-state index in [-0.39, 0.29) is 0 Å². The Bertz CT molecular complexity index is 3150. The molecule has 0 aliphatic heterocycles. The monoisotopic (exact) mass is 653 g/mol. The first-order valence-electron chi connectivity index (χ1n) is 16.9. The maximum Gasteiger partial charge on any atom is 0.235 e. The van der Waals surface area contributed by atoms with Crippen molar-refractivity contribution in [2.75, 3.05) is 0 Å². The van der Waals surface area contributed by atoms with Gasteiger partial charge in [0.1, 0.15) is 0 Å². The lowest BCUT2D eigenvalue weighted by atomic mass is 9.93. The highest BCUT2D eigenvalue weighted by Crippen LogP contribution is 2.44. The lowest BCUT2D eigenvalue weighted by molar-refractivity contribution is 1.02. The Kier molecular flexibility index (Phi) is 5.83. The van der Waals surface area contributed by atoms with Gasteiger partial charge < -0.3 is 0 Å². The number of para-hydroxylation sites is 2. The zero-order valence-electron chi connectivity index (χ0n) is 26.8. The van der Waals surface area contributed by atoms with Gasteiger partial charge in [-0.25, -0.2) is 9.97 Å². The van der Waals surface area contributed by atoms with Crippen molar-refractivity contribution >= 4 is 85.8 Å². The van der Waals surface area contributed by atoms with E-state index in [1.807, 2.05) is 11.3 Å². The van der Waals surface area contributed by atoms with Crippen molar-refractivity contribution in [2.24, 2.45) is 0 Å². The highest BCUT2D eigenvalue weighted by molar-refractivity contribution is 7.26. The van der Waals surface area contributed by atoms with E-state index in [1.165, 1.54) is 63.6 Å². The van der Waals surface area contributed by atoms with Crippen LogP contribution in [0.5, 0.6) is 0 Å². The van der Waals surface area contributed by atoms with Crippen LogP contribution in [0.1, 0.15) is 0 Å².